The molecule has 1 aliphatic carbocycles. The SMILES string of the molecule is Cc1nc(C(=O)NC(Cc2ccccc2)(c2cc(F)cc(OC(F)(F)C(F)F)c2)c2ccc(F)c(OC3CC3)c2)c(C(F)(F)F)o1. The third kappa shape index (κ3) is 7.07. The monoisotopic (exact) mass is 658 g/mol. The van der Waals surface area contributed by atoms with Gasteiger partial charge in [-0.05, 0) is 53.8 Å². The first-order valence-corrected chi connectivity index (χ1v) is 13.6. The highest BCUT2D eigenvalue weighted by molar-refractivity contribution is 5.94. The normalized spacial score (nSPS) is 15.0. The minimum Gasteiger partial charge on any atom is -0.487 e. The Morgan fingerprint density at radius 2 is 1.67 bits per heavy atom. The molecule has 0 radical (unpaired) electrons. The minimum atomic E-state index is -5.18. The van der Waals surface area contributed by atoms with Gasteiger partial charge in [0.25, 0.3) is 5.91 Å². The Morgan fingerprint density at radius 3 is 2.30 bits per heavy atom. The number of carbonyl (C=O) groups excluding carboxylic acids is 1. The molecule has 1 unspecified atom stereocenters. The number of nitrogens with one attached hydrogen (secondary N) is 1. The molecule has 6 nitrogen and oxygen atoms in total. The maximum absolute atomic E-state index is 15.1. The molecular weight excluding hydrogens is 635 g/mol. The summed E-state index contributed by atoms with van der Waals surface area (Å²) in [7, 11) is 0. The number of ether oxygens (including phenoxy) is 2. The second-order valence-corrected chi connectivity index (χ2v) is 10.5. The van der Waals surface area contributed by atoms with Gasteiger partial charge in [0.15, 0.2) is 23.2 Å². The van der Waals surface area contributed by atoms with Crippen molar-refractivity contribution in [1.29, 1.82) is 0 Å². The average molecular weight is 659 g/mol. The molecule has 0 aliphatic heterocycles. The Labute approximate surface area is 255 Å². The number of rotatable bonds is 11. The standard InChI is InChI=1S/C31H23F9N2O4/c1-16-41-25(26(44-16)30(36,37)38)27(43)42-29(15-17-5-3-2-4-6-17,18-7-10-23(33)24(13-18)45-21-8-9-21)19-11-20(32)14-22(12-19)46-31(39,40)28(34)35/h2-7,10-14,21,28H,8-9,15H2,1H3,(H,42,43). The summed E-state index contributed by atoms with van der Waals surface area (Å²) >= 11 is 0. The largest absolute Gasteiger partial charge is 0.487 e. The molecule has 0 saturated heterocycles. The van der Waals surface area contributed by atoms with Crippen molar-refractivity contribution >= 4 is 5.91 Å². The van der Waals surface area contributed by atoms with Crippen LogP contribution >= 0.6 is 0 Å². The fourth-order valence-electron chi connectivity index (χ4n) is 4.78. The Bertz CT molecular complexity index is 1720. The van der Waals surface area contributed by atoms with E-state index in [-0.39, 0.29) is 17.4 Å². The Morgan fingerprint density at radius 1 is 0.978 bits per heavy atom. The highest BCUT2D eigenvalue weighted by Crippen LogP contribution is 2.41. The van der Waals surface area contributed by atoms with Gasteiger partial charge in [0.05, 0.1) is 11.6 Å². The fraction of sp³-hybridized carbons (Fsp3) is 0.290. The number of halogens is 9. The number of benzene rings is 3. The van der Waals surface area contributed by atoms with Crippen LogP contribution in [0.3, 0.4) is 0 Å². The molecule has 5 rings (SSSR count). The summed E-state index contributed by atoms with van der Waals surface area (Å²) in [5.74, 6) is -7.35. The summed E-state index contributed by atoms with van der Waals surface area (Å²) in [4.78, 5) is 17.3. The summed E-state index contributed by atoms with van der Waals surface area (Å²) in [6.07, 6.45) is -14.1. The second-order valence-electron chi connectivity index (χ2n) is 10.5. The quantitative estimate of drug-likeness (QED) is 0.166. The van der Waals surface area contributed by atoms with Crippen LogP contribution in [0.25, 0.3) is 0 Å². The van der Waals surface area contributed by atoms with E-state index in [0.717, 1.165) is 31.2 Å². The van der Waals surface area contributed by atoms with Gasteiger partial charge in [0, 0.05) is 19.4 Å². The number of alkyl halides is 7. The van der Waals surface area contributed by atoms with Gasteiger partial charge in [-0.25, -0.2) is 13.8 Å². The van der Waals surface area contributed by atoms with Gasteiger partial charge in [-0.1, -0.05) is 36.4 Å². The van der Waals surface area contributed by atoms with Crippen molar-refractivity contribution in [2.24, 2.45) is 0 Å². The van der Waals surface area contributed by atoms with E-state index in [9.17, 15) is 39.9 Å². The maximum atomic E-state index is 15.1. The number of aromatic nitrogens is 1. The summed E-state index contributed by atoms with van der Waals surface area (Å²) in [5, 5.41) is 2.41. The fourth-order valence-corrected chi connectivity index (χ4v) is 4.78. The molecule has 3 aromatic carbocycles. The highest BCUT2D eigenvalue weighted by Gasteiger charge is 2.46. The molecule has 1 amide bonds. The van der Waals surface area contributed by atoms with Gasteiger partial charge in [-0.15, -0.1) is 0 Å². The molecule has 244 valence electrons. The molecular formula is C31H23F9N2O4. The van der Waals surface area contributed by atoms with Gasteiger partial charge in [-0.2, -0.15) is 30.7 Å². The first kappa shape index (κ1) is 32.7. The zero-order valence-electron chi connectivity index (χ0n) is 23.6. The number of amides is 1. The molecule has 4 aromatic rings. The van der Waals surface area contributed by atoms with Crippen LogP contribution in [0.15, 0.2) is 71.1 Å². The van der Waals surface area contributed by atoms with Crippen molar-refractivity contribution < 1.29 is 58.2 Å². The topological polar surface area (TPSA) is 73.6 Å². The third-order valence-corrected chi connectivity index (χ3v) is 6.96. The molecule has 0 bridgehead atoms. The number of carbonyl (C=O) groups is 1. The van der Waals surface area contributed by atoms with Crippen LogP contribution in [-0.2, 0) is 18.1 Å². The van der Waals surface area contributed by atoms with Crippen LogP contribution in [0, 0.1) is 18.6 Å². The molecule has 1 aromatic heterocycles. The van der Waals surface area contributed by atoms with Crippen molar-refractivity contribution in [2.75, 3.05) is 0 Å². The van der Waals surface area contributed by atoms with Crippen LogP contribution in [0.5, 0.6) is 11.5 Å². The molecule has 15 heteroatoms. The van der Waals surface area contributed by atoms with Gasteiger partial charge < -0.3 is 19.2 Å². The van der Waals surface area contributed by atoms with Crippen LogP contribution in [0.1, 0.15) is 51.7 Å². The zero-order chi connectivity index (χ0) is 33.4. The summed E-state index contributed by atoms with van der Waals surface area (Å²) in [6.45, 7) is 1.06. The minimum absolute atomic E-state index is 0.104. The van der Waals surface area contributed by atoms with Gasteiger partial charge in [0.1, 0.15) is 11.6 Å². The lowest BCUT2D eigenvalue weighted by molar-refractivity contribution is -0.253. The average Bonchev–Trinajstić information content (AvgIpc) is 3.69. The van der Waals surface area contributed by atoms with E-state index in [0.29, 0.717) is 30.5 Å². The Balaban J connectivity index is 1.76. The van der Waals surface area contributed by atoms with E-state index in [4.69, 9.17) is 4.74 Å². The summed E-state index contributed by atoms with van der Waals surface area (Å²) < 4.78 is 140. The predicted molar refractivity (Wildman–Crippen MR) is 143 cm³/mol. The first-order valence-electron chi connectivity index (χ1n) is 13.6. The van der Waals surface area contributed by atoms with E-state index in [1.807, 2.05) is 0 Å². The predicted octanol–water partition coefficient (Wildman–Crippen LogP) is 7.97. The van der Waals surface area contributed by atoms with Crippen LogP contribution in [0.4, 0.5) is 39.5 Å². The Kier molecular flexibility index (Phi) is 8.71. The van der Waals surface area contributed by atoms with Crippen molar-refractivity contribution in [1.82, 2.24) is 10.3 Å². The van der Waals surface area contributed by atoms with Crippen molar-refractivity contribution in [3.8, 4) is 11.5 Å². The van der Waals surface area contributed by atoms with Gasteiger partial charge >= 0.3 is 18.7 Å². The first-order chi connectivity index (χ1) is 21.6. The number of oxazole rings is 1. The van der Waals surface area contributed by atoms with Crippen molar-refractivity contribution in [2.45, 2.75) is 56.5 Å². The van der Waals surface area contributed by atoms with E-state index < -0.39 is 76.9 Å². The van der Waals surface area contributed by atoms with Crippen LogP contribution in [-0.4, -0.2) is 29.5 Å². The zero-order valence-corrected chi connectivity index (χ0v) is 23.6. The van der Waals surface area contributed by atoms with E-state index >= 15 is 4.39 Å². The number of nitrogens with zero attached hydrogens (tertiary/aromatic N) is 1. The summed E-state index contributed by atoms with van der Waals surface area (Å²) in [5.41, 5.74) is -3.61. The smallest absolute Gasteiger partial charge is 0.461 e. The molecule has 1 fully saturated rings. The van der Waals surface area contributed by atoms with E-state index in [1.54, 1.807) is 18.2 Å². The Hall–Kier alpha value is -4.69. The lowest BCUT2D eigenvalue weighted by Crippen LogP contribution is -2.49. The molecule has 1 heterocycles. The van der Waals surface area contributed by atoms with Crippen molar-refractivity contribution in [3.05, 3.63) is 112 Å². The molecule has 0 spiro atoms. The van der Waals surface area contributed by atoms with Crippen LogP contribution in [0.2, 0.25) is 0 Å². The third-order valence-electron chi connectivity index (χ3n) is 6.96. The molecule has 1 N–H and O–H groups in total. The van der Waals surface area contributed by atoms with E-state index in [1.165, 1.54) is 12.1 Å². The van der Waals surface area contributed by atoms with Crippen molar-refractivity contribution in [3.63, 3.8) is 0 Å². The number of aryl methyl sites for hydroxylation is 1. The molecule has 46 heavy (non-hydrogen) atoms. The van der Waals surface area contributed by atoms with E-state index in [2.05, 4.69) is 19.5 Å². The van der Waals surface area contributed by atoms with Gasteiger partial charge in [-0.3, -0.25) is 4.79 Å². The highest BCUT2D eigenvalue weighted by atomic mass is 19.4. The maximum Gasteiger partial charge on any atom is 0.461 e. The lowest BCUT2D eigenvalue weighted by atomic mass is 9.77. The summed E-state index contributed by atoms with van der Waals surface area (Å²) in [6, 6.07) is 12.8. The molecule has 1 saturated carbocycles. The number of hydrogen-bond acceptors (Lipinski definition) is 5. The van der Waals surface area contributed by atoms with Gasteiger partial charge in [0.2, 0.25) is 5.76 Å². The number of hydrogen-bond donors (Lipinski definition) is 1. The second kappa shape index (κ2) is 12.2. The molecule has 1 atom stereocenters. The lowest BCUT2D eigenvalue weighted by Gasteiger charge is -2.37. The van der Waals surface area contributed by atoms with Crippen LogP contribution < -0.4 is 14.8 Å². The molecule has 1 aliphatic rings.